The molecule has 3 aromatic rings. The van der Waals surface area contributed by atoms with E-state index in [4.69, 9.17) is 26.1 Å². The minimum atomic E-state index is -0.736. The maximum atomic E-state index is 13.4. The minimum Gasteiger partial charge on any atom is -0.481 e. The summed E-state index contributed by atoms with van der Waals surface area (Å²) in [6.07, 6.45) is 4.31. The van der Waals surface area contributed by atoms with Crippen LogP contribution in [0.2, 0.25) is 5.02 Å². The van der Waals surface area contributed by atoms with Gasteiger partial charge < -0.3 is 24.8 Å². The third kappa shape index (κ3) is 5.94. The second-order valence-electron chi connectivity index (χ2n) is 10.1. The molecule has 10 nitrogen and oxygen atoms in total. The molecule has 0 bridgehead atoms. The number of amides is 2. The summed E-state index contributed by atoms with van der Waals surface area (Å²) in [4.78, 5) is 41.4. The van der Waals surface area contributed by atoms with Crippen molar-refractivity contribution >= 4 is 23.4 Å². The Balaban J connectivity index is 1.30. The Bertz CT molecular complexity index is 1400. The molecule has 0 spiro atoms. The molecule has 0 saturated carbocycles. The van der Waals surface area contributed by atoms with Crippen LogP contribution in [0, 0.1) is 5.92 Å². The zero-order chi connectivity index (χ0) is 28.2. The van der Waals surface area contributed by atoms with Gasteiger partial charge in [0.05, 0.1) is 42.2 Å². The van der Waals surface area contributed by atoms with Crippen LogP contribution in [-0.2, 0) is 16.0 Å². The van der Waals surface area contributed by atoms with Crippen molar-refractivity contribution in [1.29, 1.82) is 0 Å². The molecule has 40 heavy (non-hydrogen) atoms. The fourth-order valence-corrected chi connectivity index (χ4v) is 5.42. The first-order valence-corrected chi connectivity index (χ1v) is 13.7. The highest BCUT2D eigenvalue weighted by atomic mass is 35.5. The van der Waals surface area contributed by atoms with E-state index in [1.54, 1.807) is 30.5 Å². The monoisotopic (exact) mass is 565 g/mol. The van der Waals surface area contributed by atoms with Crippen LogP contribution >= 0.6 is 11.6 Å². The van der Waals surface area contributed by atoms with Gasteiger partial charge >= 0.3 is 0 Å². The molecule has 2 aliphatic heterocycles. The molecule has 2 atom stereocenters. The predicted octanol–water partition coefficient (Wildman–Crippen LogP) is 3.54. The number of nitrogens with one attached hydrogen (secondary N) is 1. The highest BCUT2D eigenvalue weighted by Crippen LogP contribution is 2.37. The lowest BCUT2D eigenvalue weighted by atomic mass is 9.96. The van der Waals surface area contributed by atoms with Crippen molar-refractivity contribution in [3.05, 3.63) is 70.3 Å². The molecule has 2 aromatic heterocycles. The van der Waals surface area contributed by atoms with E-state index in [-0.39, 0.29) is 25.1 Å². The van der Waals surface area contributed by atoms with Crippen molar-refractivity contribution in [2.24, 2.45) is 5.92 Å². The van der Waals surface area contributed by atoms with E-state index in [1.165, 1.54) is 12.0 Å². The lowest BCUT2D eigenvalue weighted by molar-refractivity contribution is -0.123. The Morgan fingerprint density at radius 2 is 2.05 bits per heavy atom. The molecule has 2 N–H and O–H groups in total. The summed E-state index contributed by atoms with van der Waals surface area (Å²) < 4.78 is 10.6. The summed E-state index contributed by atoms with van der Waals surface area (Å²) in [5.41, 5.74) is 3.08. The number of pyridine rings is 1. The smallest absolute Gasteiger partial charge is 0.255 e. The fourth-order valence-electron chi connectivity index (χ4n) is 5.22. The fraction of sp³-hybridized carbons (Fsp3) is 0.414. The molecule has 210 valence electrons. The summed E-state index contributed by atoms with van der Waals surface area (Å²) in [7, 11) is 1.49. The quantitative estimate of drug-likeness (QED) is 0.403. The van der Waals surface area contributed by atoms with E-state index in [0.29, 0.717) is 39.6 Å². The summed E-state index contributed by atoms with van der Waals surface area (Å²) in [6, 6.07) is 9.63. The molecule has 0 unspecified atom stereocenters. The van der Waals surface area contributed by atoms with Crippen LogP contribution in [0.5, 0.6) is 5.88 Å². The molecule has 2 aliphatic rings. The number of hydrogen-bond donors (Lipinski definition) is 2. The Labute approximate surface area is 237 Å². The van der Waals surface area contributed by atoms with Gasteiger partial charge in [-0.2, -0.15) is 0 Å². The zero-order valence-electron chi connectivity index (χ0n) is 22.5. The van der Waals surface area contributed by atoms with Gasteiger partial charge in [-0.3, -0.25) is 9.59 Å². The van der Waals surface area contributed by atoms with E-state index in [1.807, 2.05) is 19.1 Å². The Morgan fingerprint density at radius 3 is 2.80 bits per heavy atom. The maximum absolute atomic E-state index is 13.4. The number of carbonyl (C=O) groups is 2. The molecule has 2 amide bonds. The molecule has 0 aliphatic carbocycles. The van der Waals surface area contributed by atoms with Crippen LogP contribution in [0.15, 0.2) is 42.6 Å². The van der Waals surface area contributed by atoms with Crippen LogP contribution in [0.3, 0.4) is 0 Å². The van der Waals surface area contributed by atoms with Crippen molar-refractivity contribution in [3.63, 3.8) is 0 Å². The molecular weight excluding hydrogens is 534 g/mol. The SMILES string of the molecule is COc1cccc([C@@H](CO)NC(=O)CN2C(=O)c3cc(-c4nc(CC5CCOCC5)ncc4Cl)ccc3[C@@H]2C)n1. The summed E-state index contributed by atoms with van der Waals surface area (Å²) in [6.45, 7) is 2.86. The molecule has 1 saturated heterocycles. The number of carbonyl (C=O) groups excluding carboxylic acids is 2. The number of benzene rings is 1. The Kier molecular flexibility index (Phi) is 8.58. The summed E-state index contributed by atoms with van der Waals surface area (Å²) in [5, 5.41) is 13.0. The number of rotatable bonds is 9. The number of nitrogens with zero attached hydrogens (tertiary/aromatic N) is 4. The van der Waals surface area contributed by atoms with Crippen LogP contribution in [0.1, 0.15) is 59.3 Å². The van der Waals surface area contributed by atoms with Gasteiger partial charge in [0.25, 0.3) is 5.91 Å². The topological polar surface area (TPSA) is 127 Å². The summed E-state index contributed by atoms with van der Waals surface area (Å²) >= 11 is 6.49. The van der Waals surface area contributed by atoms with E-state index in [2.05, 4.69) is 15.3 Å². The first kappa shape index (κ1) is 27.9. The minimum absolute atomic E-state index is 0.173. The van der Waals surface area contributed by atoms with Crippen LogP contribution in [0.25, 0.3) is 11.3 Å². The number of ether oxygens (including phenoxy) is 2. The molecule has 4 heterocycles. The second-order valence-corrected chi connectivity index (χ2v) is 10.5. The number of halogens is 1. The maximum Gasteiger partial charge on any atom is 0.255 e. The number of aromatic nitrogens is 3. The summed E-state index contributed by atoms with van der Waals surface area (Å²) in [5.74, 6) is 0.892. The van der Waals surface area contributed by atoms with Gasteiger partial charge in [0.1, 0.15) is 12.4 Å². The molecule has 1 fully saturated rings. The number of aliphatic hydroxyl groups excluding tert-OH is 1. The Hall–Kier alpha value is -3.60. The number of aliphatic hydroxyl groups is 1. The standard InChI is InChI=1S/C29H32ClN5O5/c1-17-20-7-6-19(28-22(30)14-31-25(34-28)12-18-8-10-40-11-9-18)13-21(20)29(38)35(17)15-26(37)32-24(16-36)23-4-3-5-27(33-23)39-2/h3-7,13-14,17-18,24,36H,8-12,15-16H2,1-2H3,(H,32,37)/t17-,24+/m0/s1. The lowest BCUT2D eigenvalue weighted by Crippen LogP contribution is -2.41. The molecule has 11 heteroatoms. The van der Waals surface area contributed by atoms with Crippen LogP contribution in [0.4, 0.5) is 0 Å². The molecule has 5 rings (SSSR count). The van der Waals surface area contributed by atoms with Gasteiger partial charge in [0.15, 0.2) is 0 Å². The van der Waals surface area contributed by atoms with Crippen LogP contribution < -0.4 is 10.1 Å². The number of fused-ring (bicyclic) bond motifs is 1. The van der Waals surface area contributed by atoms with Crippen molar-refractivity contribution < 1.29 is 24.2 Å². The largest absolute Gasteiger partial charge is 0.481 e. The average Bonchev–Trinajstić information content (AvgIpc) is 3.21. The first-order chi connectivity index (χ1) is 19.4. The van der Waals surface area contributed by atoms with Gasteiger partial charge in [-0.05, 0) is 43.4 Å². The third-order valence-electron chi connectivity index (χ3n) is 7.48. The van der Waals surface area contributed by atoms with Gasteiger partial charge in [-0.15, -0.1) is 0 Å². The number of methoxy groups -OCH3 is 1. The van der Waals surface area contributed by atoms with E-state index in [0.717, 1.165) is 43.6 Å². The van der Waals surface area contributed by atoms with Crippen LogP contribution in [-0.4, -0.2) is 70.2 Å². The Morgan fingerprint density at radius 1 is 1.25 bits per heavy atom. The number of hydrogen-bond acceptors (Lipinski definition) is 8. The van der Waals surface area contributed by atoms with Gasteiger partial charge in [-0.1, -0.05) is 29.8 Å². The predicted molar refractivity (Wildman–Crippen MR) is 148 cm³/mol. The van der Waals surface area contributed by atoms with E-state index in [9.17, 15) is 14.7 Å². The second kappa shape index (κ2) is 12.3. The van der Waals surface area contributed by atoms with E-state index < -0.39 is 11.9 Å². The molecule has 0 radical (unpaired) electrons. The third-order valence-corrected chi connectivity index (χ3v) is 7.76. The van der Waals surface area contributed by atoms with Crippen molar-refractivity contribution in [2.45, 2.75) is 38.3 Å². The molecule has 1 aromatic carbocycles. The van der Waals surface area contributed by atoms with Gasteiger partial charge in [0, 0.05) is 43.0 Å². The van der Waals surface area contributed by atoms with Crippen molar-refractivity contribution in [1.82, 2.24) is 25.2 Å². The van der Waals surface area contributed by atoms with Gasteiger partial charge in [-0.25, -0.2) is 15.0 Å². The highest BCUT2D eigenvalue weighted by molar-refractivity contribution is 6.32. The van der Waals surface area contributed by atoms with Crippen molar-refractivity contribution in [2.75, 3.05) is 33.5 Å². The average molecular weight is 566 g/mol. The zero-order valence-corrected chi connectivity index (χ0v) is 23.2. The first-order valence-electron chi connectivity index (χ1n) is 13.3. The van der Waals surface area contributed by atoms with Gasteiger partial charge in [0.2, 0.25) is 11.8 Å². The molecular formula is C29H32ClN5O5. The van der Waals surface area contributed by atoms with E-state index >= 15 is 0 Å². The normalized spacial score (nSPS) is 17.9. The highest BCUT2D eigenvalue weighted by Gasteiger charge is 2.36. The lowest BCUT2D eigenvalue weighted by Gasteiger charge is -2.23. The van der Waals surface area contributed by atoms with Crippen molar-refractivity contribution in [3.8, 4) is 17.1 Å².